The molecule has 2 aromatic carbocycles. The van der Waals surface area contributed by atoms with Crippen LogP contribution >= 0.6 is 0 Å². The number of methoxy groups -OCH3 is 1. The van der Waals surface area contributed by atoms with Crippen molar-refractivity contribution in [3.8, 4) is 0 Å². The van der Waals surface area contributed by atoms with Gasteiger partial charge in [0.05, 0.1) is 13.2 Å². The number of benzene rings is 2. The topological polar surface area (TPSA) is 46.5 Å². The highest BCUT2D eigenvalue weighted by atomic mass is 16.5. The first-order chi connectivity index (χ1) is 10.6. The highest BCUT2D eigenvalue weighted by molar-refractivity contribution is 5.89. The molecule has 0 heterocycles. The van der Waals surface area contributed by atoms with Gasteiger partial charge in [0.1, 0.15) is 0 Å². The molecule has 0 saturated carbocycles. The Kier molecular flexibility index (Phi) is 5.50. The van der Waals surface area contributed by atoms with Gasteiger partial charge < -0.3 is 9.84 Å². The van der Waals surface area contributed by atoms with Crippen molar-refractivity contribution in [1.29, 1.82) is 0 Å². The molecule has 2 aromatic rings. The summed E-state index contributed by atoms with van der Waals surface area (Å²) >= 11 is 0. The first-order valence-electron chi connectivity index (χ1n) is 7.17. The highest BCUT2D eigenvalue weighted by Crippen LogP contribution is 2.29. The van der Waals surface area contributed by atoms with Crippen molar-refractivity contribution >= 4 is 5.97 Å². The summed E-state index contributed by atoms with van der Waals surface area (Å²) in [5.41, 5.74) is 2.12. The van der Waals surface area contributed by atoms with Crippen molar-refractivity contribution < 1.29 is 14.6 Å². The zero-order valence-electron chi connectivity index (χ0n) is 12.6. The van der Waals surface area contributed by atoms with Gasteiger partial charge in [0, 0.05) is 11.5 Å². The SMILES string of the molecule is C=C(C(=O)OC)[C@@H](c1ccccc1)[C@H](O)Cc1ccccc1. The molecular weight excluding hydrogens is 276 g/mol. The average Bonchev–Trinajstić information content (AvgIpc) is 2.56. The zero-order valence-corrected chi connectivity index (χ0v) is 12.6. The molecule has 0 aliphatic carbocycles. The Morgan fingerprint density at radius 1 is 1.09 bits per heavy atom. The normalized spacial score (nSPS) is 13.2. The summed E-state index contributed by atoms with van der Waals surface area (Å²) in [6.07, 6.45) is -0.312. The van der Waals surface area contributed by atoms with E-state index in [1.54, 1.807) is 0 Å². The number of ether oxygens (including phenoxy) is 1. The molecule has 0 aliphatic rings. The molecular formula is C19H20O3. The molecule has 0 saturated heterocycles. The summed E-state index contributed by atoms with van der Waals surface area (Å²) in [6, 6.07) is 19.1. The average molecular weight is 296 g/mol. The van der Waals surface area contributed by atoms with Crippen LogP contribution in [0.3, 0.4) is 0 Å². The molecule has 0 fully saturated rings. The van der Waals surface area contributed by atoms with Crippen LogP contribution in [0.4, 0.5) is 0 Å². The van der Waals surface area contributed by atoms with E-state index in [0.717, 1.165) is 11.1 Å². The van der Waals surface area contributed by atoms with Gasteiger partial charge >= 0.3 is 5.97 Å². The van der Waals surface area contributed by atoms with E-state index in [1.165, 1.54) is 7.11 Å². The number of rotatable bonds is 6. The third kappa shape index (κ3) is 3.83. The summed E-state index contributed by atoms with van der Waals surface area (Å²) in [5, 5.41) is 10.7. The Hall–Kier alpha value is -2.39. The lowest BCUT2D eigenvalue weighted by molar-refractivity contribution is -0.136. The van der Waals surface area contributed by atoms with Crippen molar-refractivity contribution in [1.82, 2.24) is 0 Å². The fourth-order valence-corrected chi connectivity index (χ4v) is 2.55. The molecule has 22 heavy (non-hydrogen) atoms. The van der Waals surface area contributed by atoms with Crippen molar-refractivity contribution in [2.24, 2.45) is 0 Å². The smallest absolute Gasteiger partial charge is 0.333 e. The quantitative estimate of drug-likeness (QED) is 0.658. The predicted octanol–water partition coefficient (Wildman–Crippen LogP) is 3.10. The van der Waals surface area contributed by atoms with E-state index in [9.17, 15) is 9.90 Å². The van der Waals surface area contributed by atoms with Crippen molar-refractivity contribution in [3.05, 3.63) is 83.9 Å². The minimum atomic E-state index is -0.753. The van der Waals surface area contributed by atoms with Crippen molar-refractivity contribution in [2.75, 3.05) is 7.11 Å². The summed E-state index contributed by atoms with van der Waals surface area (Å²) in [4.78, 5) is 11.9. The van der Waals surface area contributed by atoms with Crippen molar-refractivity contribution in [2.45, 2.75) is 18.4 Å². The lowest BCUT2D eigenvalue weighted by Gasteiger charge is -2.24. The Morgan fingerprint density at radius 3 is 2.18 bits per heavy atom. The molecule has 2 rings (SSSR count). The van der Waals surface area contributed by atoms with Gasteiger partial charge in [-0.05, 0) is 17.5 Å². The van der Waals surface area contributed by atoms with Crippen LogP contribution in [0.15, 0.2) is 72.8 Å². The van der Waals surface area contributed by atoms with Crippen LogP contribution < -0.4 is 0 Å². The van der Waals surface area contributed by atoms with Crippen LogP contribution in [-0.4, -0.2) is 24.3 Å². The fraction of sp³-hybridized carbons (Fsp3) is 0.211. The maximum atomic E-state index is 11.9. The highest BCUT2D eigenvalue weighted by Gasteiger charge is 2.28. The predicted molar refractivity (Wildman–Crippen MR) is 86.5 cm³/mol. The van der Waals surface area contributed by atoms with Gasteiger partial charge in [-0.25, -0.2) is 4.79 Å². The third-order valence-electron chi connectivity index (χ3n) is 3.65. The number of hydrogen-bond acceptors (Lipinski definition) is 3. The second-order valence-electron chi connectivity index (χ2n) is 5.16. The second kappa shape index (κ2) is 7.57. The largest absolute Gasteiger partial charge is 0.466 e. The van der Waals surface area contributed by atoms with Gasteiger partial charge in [-0.15, -0.1) is 0 Å². The standard InChI is InChI=1S/C19H20O3/c1-14(19(21)22-2)18(16-11-7-4-8-12-16)17(20)13-15-9-5-3-6-10-15/h3-12,17-18,20H,1,13H2,2H3/t17-,18+/m1/s1. The van der Waals surface area contributed by atoms with E-state index in [4.69, 9.17) is 4.74 Å². The molecule has 0 unspecified atom stereocenters. The molecule has 1 N–H and O–H groups in total. The number of carbonyl (C=O) groups excluding carboxylic acids is 1. The van der Waals surface area contributed by atoms with Gasteiger partial charge in [-0.1, -0.05) is 67.2 Å². The second-order valence-corrected chi connectivity index (χ2v) is 5.16. The van der Waals surface area contributed by atoms with E-state index in [2.05, 4.69) is 6.58 Å². The lowest BCUT2D eigenvalue weighted by Crippen LogP contribution is -2.26. The fourth-order valence-electron chi connectivity index (χ4n) is 2.55. The molecule has 0 bridgehead atoms. The maximum absolute atomic E-state index is 11.9. The molecule has 0 aromatic heterocycles. The summed E-state index contributed by atoms with van der Waals surface area (Å²) in [6.45, 7) is 3.83. The number of esters is 1. The summed E-state index contributed by atoms with van der Waals surface area (Å²) < 4.78 is 4.77. The van der Waals surface area contributed by atoms with Crippen LogP contribution in [0, 0.1) is 0 Å². The number of hydrogen-bond donors (Lipinski definition) is 1. The van der Waals surface area contributed by atoms with Crippen LogP contribution in [0.1, 0.15) is 17.0 Å². The minimum Gasteiger partial charge on any atom is -0.466 e. The molecule has 0 spiro atoms. The first kappa shape index (κ1) is 16.0. The van der Waals surface area contributed by atoms with E-state index < -0.39 is 18.0 Å². The molecule has 3 nitrogen and oxygen atoms in total. The van der Waals surface area contributed by atoms with E-state index in [0.29, 0.717) is 6.42 Å². The number of aliphatic hydroxyl groups excluding tert-OH is 1. The Labute approximate surface area is 130 Å². The van der Waals surface area contributed by atoms with Crippen LogP contribution in [0.2, 0.25) is 0 Å². The zero-order chi connectivity index (χ0) is 15.9. The van der Waals surface area contributed by atoms with Crippen LogP contribution in [0.25, 0.3) is 0 Å². The van der Waals surface area contributed by atoms with Crippen LogP contribution in [-0.2, 0) is 16.0 Å². The molecule has 0 amide bonds. The summed E-state index contributed by atoms with van der Waals surface area (Å²) in [7, 11) is 1.32. The van der Waals surface area contributed by atoms with E-state index in [-0.39, 0.29) is 5.57 Å². The van der Waals surface area contributed by atoms with Gasteiger partial charge in [0.15, 0.2) is 0 Å². The molecule has 0 aliphatic heterocycles. The Balaban J connectivity index is 2.28. The van der Waals surface area contributed by atoms with Crippen LogP contribution in [0.5, 0.6) is 0 Å². The van der Waals surface area contributed by atoms with Gasteiger partial charge in [0.2, 0.25) is 0 Å². The molecule has 0 radical (unpaired) electrons. The number of aliphatic hydroxyl groups is 1. The molecule has 3 heteroatoms. The van der Waals surface area contributed by atoms with Gasteiger partial charge in [-0.3, -0.25) is 0 Å². The maximum Gasteiger partial charge on any atom is 0.333 e. The lowest BCUT2D eigenvalue weighted by atomic mass is 9.84. The van der Waals surface area contributed by atoms with E-state index >= 15 is 0 Å². The third-order valence-corrected chi connectivity index (χ3v) is 3.65. The van der Waals surface area contributed by atoms with Crippen molar-refractivity contribution in [3.63, 3.8) is 0 Å². The first-order valence-corrected chi connectivity index (χ1v) is 7.17. The molecule has 114 valence electrons. The number of carbonyl (C=O) groups is 1. The van der Waals surface area contributed by atoms with Gasteiger partial charge in [0.25, 0.3) is 0 Å². The molecule has 2 atom stereocenters. The van der Waals surface area contributed by atoms with Gasteiger partial charge in [-0.2, -0.15) is 0 Å². The Morgan fingerprint density at radius 2 is 1.64 bits per heavy atom. The summed E-state index contributed by atoms with van der Waals surface area (Å²) in [5.74, 6) is -0.991. The monoisotopic (exact) mass is 296 g/mol. The Bertz CT molecular complexity index is 620. The minimum absolute atomic E-state index is 0.261. The van der Waals surface area contributed by atoms with E-state index in [1.807, 2.05) is 60.7 Å².